The number of carbonyl (C=O) groups is 1. The number of carboxylic acid groups (broad SMARTS) is 1. The van der Waals surface area contributed by atoms with E-state index in [2.05, 4.69) is 10.1 Å². The van der Waals surface area contributed by atoms with Crippen LogP contribution in [0, 0.1) is 0 Å². The van der Waals surface area contributed by atoms with E-state index in [9.17, 15) is 17.8 Å². The molecule has 0 saturated carbocycles. The first-order valence-corrected chi connectivity index (χ1v) is 7.33. The van der Waals surface area contributed by atoms with Crippen molar-refractivity contribution in [2.45, 2.75) is 18.7 Å². The predicted octanol–water partition coefficient (Wildman–Crippen LogP) is 1.13. The molecular weight excluding hydrogens is 292 g/mol. The van der Waals surface area contributed by atoms with Gasteiger partial charge in [0.25, 0.3) is 0 Å². The van der Waals surface area contributed by atoms with Crippen LogP contribution in [-0.2, 0) is 15.6 Å². The molecule has 1 aliphatic heterocycles. The summed E-state index contributed by atoms with van der Waals surface area (Å²) in [4.78, 5) is 11.0. The van der Waals surface area contributed by atoms with Gasteiger partial charge in [0.15, 0.2) is 0 Å². The van der Waals surface area contributed by atoms with Gasteiger partial charge in [0, 0.05) is 28.3 Å². The minimum atomic E-state index is -2.93. The van der Waals surface area contributed by atoms with Crippen molar-refractivity contribution in [1.82, 2.24) is 5.32 Å². The highest BCUT2D eigenvalue weighted by Crippen LogP contribution is 2.24. The van der Waals surface area contributed by atoms with Gasteiger partial charge in [-0.3, -0.25) is 14.3 Å². The lowest BCUT2D eigenvalue weighted by molar-refractivity contribution is -0.139. The Bertz CT molecular complexity index is 526. The molecule has 1 fully saturated rings. The maximum absolute atomic E-state index is 12.2. The number of rotatable bonds is 4. The normalized spacial score (nSPS) is 26.4. The molecule has 8 heteroatoms. The summed E-state index contributed by atoms with van der Waals surface area (Å²) < 4.78 is 40.3. The molecule has 0 amide bonds. The highest BCUT2D eigenvalue weighted by Gasteiger charge is 2.31. The number of aliphatic carboxylic acids is 1. The summed E-state index contributed by atoms with van der Waals surface area (Å²) in [5.41, 5.74) is 0.572. The molecule has 1 aromatic rings. The lowest BCUT2D eigenvalue weighted by Gasteiger charge is -2.28. The molecule has 110 valence electrons. The van der Waals surface area contributed by atoms with Crippen molar-refractivity contribution >= 4 is 16.8 Å². The van der Waals surface area contributed by atoms with Gasteiger partial charge < -0.3 is 9.84 Å². The summed E-state index contributed by atoms with van der Waals surface area (Å²) in [6, 6.07) is 4.58. The molecule has 2 rings (SSSR count). The fourth-order valence-corrected chi connectivity index (χ4v) is 3.43. The summed E-state index contributed by atoms with van der Waals surface area (Å²) in [6.07, 6.45) is 0. The number of hydrogen-bond donors (Lipinski definition) is 2. The van der Waals surface area contributed by atoms with Crippen LogP contribution in [0.15, 0.2) is 24.3 Å². The molecule has 1 aliphatic rings. The lowest BCUT2D eigenvalue weighted by atomic mass is 10.1. The smallest absolute Gasteiger partial charge is 0.387 e. The van der Waals surface area contributed by atoms with Crippen LogP contribution in [-0.4, -0.2) is 39.4 Å². The topological polar surface area (TPSA) is 75.6 Å². The monoisotopic (exact) mass is 305 g/mol. The minimum absolute atomic E-state index is 0.0115. The van der Waals surface area contributed by atoms with Crippen molar-refractivity contribution in [3.8, 4) is 5.75 Å². The Hall–Kier alpha value is -1.54. The molecular formula is C12H13F2NO4S. The molecule has 2 N–H and O–H groups in total. The van der Waals surface area contributed by atoms with E-state index < -0.39 is 35.5 Å². The first kappa shape index (κ1) is 14.9. The zero-order valence-corrected chi connectivity index (χ0v) is 11.1. The highest BCUT2D eigenvalue weighted by molar-refractivity contribution is 7.85. The Morgan fingerprint density at radius 3 is 2.85 bits per heavy atom. The van der Waals surface area contributed by atoms with E-state index >= 15 is 0 Å². The third-order valence-electron chi connectivity index (χ3n) is 2.89. The Balaban J connectivity index is 2.17. The van der Waals surface area contributed by atoms with Gasteiger partial charge in [-0.25, -0.2) is 0 Å². The van der Waals surface area contributed by atoms with Crippen LogP contribution in [0.3, 0.4) is 0 Å². The number of alkyl halides is 2. The Morgan fingerprint density at radius 1 is 1.45 bits per heavy atom. The van der Waals surface area contributed by atoms with Gasteiger partial charge in [-0.05, 0) is 17.7 Å². The largest absolute Gasteiger partial charge is 0.480 e. The molecule has 1 saturated heterocycles. The average Bonchev–Trinajstić information content (AvgIpc) is 2.37. The van der Waals surface area contributed by atoms with Crippen LogP contribution >= 0.6 is 0 Å². The third kappa shape index (κ3) is 3.73. The van der Waals surface area contributed by atoms with Crippen LogP contribution in [0.5, 0.6) is 5.75 Å². The van der Waals surface area contributed by atoms with Crippen molar-refractivity contribution < 1.29 is 27.6 Å². The second-order valence-corrected chi connectivity index (χ2v) is 5.88. The van der Waals surface area contributed by atoms with Crippen molar-refractivity contribution in [3.63, 3.8) is 0 Å². The SMILES string of the molecule is O=C(O)C1CS(=O)CC(c2cccc(OC(F)F)c2)N1. The zero-order chi connectivity index (χ0) is 14.7. The van der Waals surface area contributed by atoms with Crippen molar-refractivity contribution in [1.29, 1.82) is 0 Å². The molecule has 3 atom stereocenters. The Kier molecular flexibility index (Phi) is 4.66. The number of carboxylic acids is 1. The lowest BCUT2D eigenvalue weighted by Crippen LogP contribution is -2.49. The summed E-state index contributed by atoms with van der Waals surface area (Å²) in [7, 11) is -1.27. The molecule has 0 spiro atoms. The number of hydrogen-bond acceptors (Lipinski definition) is 4. The van der Waals surface area contributed by atoms with Crippen LogP contribution < -0.4 is 10.1 Å². The van der Waals surface area contributed by atoms with Crippen molar-refractivity contribution in [2.24, 2.45) is 0 Å². The fraction of sp³-hybridized carbons (Fsp3) is 0.417. The van der Waals surface area contributed by atoms with Crippen molar-refractivity contribution in [2.75, 3.05) is 11.5 Å². The molecule has 1 aromatic carbocycles. The van der Waals surface area contributed by atoms with Gasteiger partial charge in [0.1, 0.15) is 11.8 Å². The Morgan fingerprint density at radius 2 is 2.20 bits per heavy atom. The van der Waals surface area contributed by atoms with E-state index in [0.717, 1.165) is 0 Å². The maximum Gasteiger partial charge on any atom is 0.387 e. The van der Waals surface area contributed by atoms with E-state index in [4.69, 9.17) is 5.11 Å². The second-order valence-electron chi connectivity index (χ2n) is 4.33. The van der Waals surface area contributed by atoms with Crippen LogP contribution in [0.2, 0.25) is 0 Å². The van der Waals surface area contributed by atoms with Crippen molar-refractivity contribution in [3.05, 3.63) is 29.8 Å². The first-order chi connectivity index (χ1) is 9.45. The second kappa shape index (κ2) is 6.27. The molecule has 0 aromatic heterocycles. The van der Waals surface area contributed by atoms with Gasteiger partial charge in [0.2, 0.25) is 0 Å². The number of benzene rings is 1. The molecule has 0 radical (unpaired) electrons. The summed E-state index contributed by atoms with van der Waals surface area (Å²) in [5, 5.41) is 11.8. The van der Waals surface area contributed by atoms with E-state index in [0.29, 0.717) is 5.56 Å². The van der Waals surface area contributed by atoms with E-state index in [-0.39, 0.29) is 17.3 Å². The molecule has 5 nitrogen and oxygen atoms in total. The molecule has 0 bridgehead atoms. The minimum Gasteiger partial charge on any atom is -0.480 e. The number of nitrogens with one attached hydrogen (secondary N) is 1. The van der Waals surface area contributed by atoms with Crippen LogP contribution in [0.1, 0.15) is 11.6 Å². The third-order valence-corrected chi connectivity index (χ3v) is 4.30. The molecule has 20 heavy (non-hydrogen) atoms. The summed E-state index contributed by atoms with van der Waals surface area (Å²) >= 11 is 0. The quantitative estimate of drug-likeness (QED) is 0.872. The molecule has 0 aliphatic carbocycles. The fourth-order valence-electron chi connectivity index (χ4n) is 2.02. The van der Waals surface area contributed by atoms with E-state index in [1.165, 1.54) is 18.2 Å². The highest BCUT2D eigenvalue weighted by atomic mass is 32.2. The Labute approximate surface area is 116 Å². The summed E-state index contributed by atoms with van der Waals surface area (Å²) in [5.74, 6) is -0.813. The van der Waals surface area contributed by atoms with Gasteiger partial charge >= 0.3 is 12.6 Å². The standard InChI is InChI=1S/C12H13F2NO4S/c13-12(14)19-8-3-1-2-7(4-8)9-5-20(18)6-10(15-9)11(16)17/h1-4,9-10,12,15H,5-6H2,(H,16,17). The molecule has 3 unspecified atom stereocenters. The zero-order valence-electron chi connectivity index (χ0n) is 10.3. The van der Waals surface area contributed by atoms with Crippen LogP contribution in [0.25, 0.3) is 0 Å². The van der Waals surface area contributed by atoms with Gasteiger partial charge in [-0.2, -0.15) is 8.78 Å². The number of ether oxygens (including phenoxy) is 1. The summed E-state index contributed by atoms with van der Waals surface area (Å²) in [6.45, 7) is -2.93. The van der Waals surface area contributed by atoms with Gasteiger partial charge in [0.05, 0.1) is 0 Å². The van der Waals surface area contributed by atoms with Gasteiger partial charge in [-0.15, -0.1) is 0 Å². The predicted molar refractivity (Wildman–Crippen MR) is 68.3 cm³/mol. The number of halogens is 2. The maximum atomic E-state index is 12.2. The average molecular weight is 305 g/mol. The van der Waals surface area contributed by atoms with E-state index in [1.54, 1.807) is 6.07 Å². The van der Waals surface area contributed by atoms with E-state index in [1.807, 2.05) is 0 Å². The molecule has 1 heterocycles. The van der Waals surface area contributed by atoms with Crippen LogP contribution in [0.4, 0.5) is 8.78 Å². The first-order valence-electron chi connectivity index (χ1n) is 5.84. The van der Waals surface area contributed by atoms with Gasteiger partial charge in [-0.1, -0.05) is 12.1 Å².